The number of ketones is 1. The first-order valence-electron chi connectivity index (χ1n) is 7.73. The molecule has 3 nitrogen and oxygen atoms in total. The molecule has 0 unspecified atom stereocenters. The molecule has 0 bridgehead atoms. The molecule has 1 heterocycles. The van der Waals surface area contributed by atoms with Crippen molar-refractivity contribution >= 4 is 17.4 Å². The van der Waals surface area contributed by atoms with Crippen LogP contribution in [-0.2, 0) is 17.6 Å². The quantitative estimate of drug-likeness (QED) is 0.813. The molecule has 0 aliphatic carbocycles. The van der Waals surface area contributed by atoms with E-state index in [0.29, 0.717) is 17.7 Å². The van der Waals surface area contributed by atoms with Gasteiger partial charge >= 0.3 is 0 Å². The number of amides is 1. The van der Waals surface area contributed by atoms with Crippen molar-refractivity contribution in [3.8, 4) is 0 Å². The summed E-state index contributed by atoms with van der Waals surface area (Å²) < 4.78 is 13.3. The highest BCUT2D eigenvalue weighted by molar-refractivity contribution is 5.98. The third-order valence-corrected chi connectivity index (χ3v) is 4.15. The third-order valence-electron chi connectivity index (χ3n) is 4.15. The number of fused-ring (bicyclic) bond motifs is 1. The third kappa shape index (κ3) is 3.31. The van der Waals surface area contributed by atoms with Gasteiger partial charge in [-0.05, 0) is 61.2 Å². The predicted octanol–water partition coefficient (Wildman–Crippen LogP) is 3.55. The number of aryl methyl sites for hydroxylation is 1. The zero-order chi connectivity index (χ0) is 16.4. The zero-order valence-electron chi connectivity index (χ0n) is 13.0. The van der Waals surface area contributed by atoms with Gasteiger partial charge in [-0.1, -0.05) is 12.1 Å². The molecule has 1 aliphatic heterocycles. The molecule has 2 aromatic rings. The van der Waals surface area contributed by atoms with E-state index < -0.39 is 0 Å². The summed E-state index contributed by atoms with van der Waals surface area (Å²) in [7, 11) is 0. The molecule has 1 aliphatic rings. The van der Waals surface area contributed by atoms with Gasteiger partial charge in [0.15, 0.2) is 5.78 Å². The second-order valence-corrected chi connectivity index (χ2v) is 5.86. The molecule has 2 aromatic carbocycles. The van der Waals surface area contributed by atoms with Gasteiger partial charge in [0.1, 0.15) is 5.82 Å². The lowest BCUT2D eigenvalue weighted by Crippen LogP contribution is -2.36. The molecule has 0 aromatic heterocycles. The van der Waals surface area contributed by atoms with Crippen LogP contribution in [0.5, 0.6) is 0 Å². The normalized spacial score (nSPS) is 13.6. The fourth-order valence-electron chi connectivity index (χ4n) is 2.99. The molecule has 4 heteroatoms. The Hall–Kier alpha value is -2.49. The summed E-state index contributed by atoms with van der Waals surface area (Å²) in [5.74, 6) is -0.358. The van der Waals surface area contributed by atoms with Crippen molar-refractivity contribution in [1.29, 1.82) is 0 Å². The number of hydrogen-bond acceptors (Lipinski definition) is 2. The van der Waals surface area contributed by atoms with Crippen molar-refractivity contribution in [2.24, 2.45) is 0 Å². The zero-order valence-corrected chi connectivity index (χ0v) is 13.0. The molecule has 0 radical (unpaired) electrons. The summed E-state index contributed by atoms with van der Waals surface area (Å²) in [6, 6.07) is 11.6. The SMILES string of the molecule is CC(=O)c1ccc2c(c1)CCCN2C(=O)Cc1cccc(F)c1. The van der Waals surface area contributed by atoms with Crippen molar-refractivity contribution in [3.05, 3.63) is 65.0 Å². The number of carbonyl (C=O) groups excluding carboxylic acids is 2. The van der Waals surface area contributed by atoms with Crippen molar-refractivity contribution < 1.29 is 14.0 Å². The number of anilines is 1. The average Bonchev–Trinajstić information content (AvgIpc) is 2.53. The lowest BCUT2D eigenvalue weighted by atomic mass is 9.97. The first-order chi connectivity index (χ1) is 11.0. The predicted molar refractivity (Wildman–Crippen MR) is 87.2 cm³/mol. The van der Waals surface area contributed by atoms with Crippen LogP contribution in [0.1, 0.15) is 34.8 Å². The van der Waals surface area contributed by atoms with Crippen LogP contribution < -0.4 is 4.90 Å². The summed E-state index contributed by atoms with van der Waals surface area (Å²) >= 11 is 0. The molecule has 0 atom stereocenters. The Balaban J connectivity index is 1.85. The smallest absolute Gasteiger partial charge is 0.231 e. The average molecular weight is 311 g/mol. The van der Waals surface area contributed by atoms with Crippen LogP contribution in [0.25, 0.3) is 0 Å². The molecule has 1 amide bonds. The van der Waals surface area contributed by atoms with Crippen LogP contribution in [0.4, 0.5) is 10.1 Å². The minimum absolute atomic E-state index is 0.0241. The molecule has 3 rings (SSSR count). The van der Waals surface area contributed by atoms with Crippen LogP contribution in [0.2, 0.25) is 0 Å². The number of rotatable bonds is 3. The van der Waals surface area contributed by atoms with Crippen LogP contribution in [0.15, 0.2) is 42.5 Å². The maximum Gasteiger partial charge on any atom is 0.231 e. The molecule has 0 saturated heterocycles. The molecule has 0 N–H and O–H groups in total. The molecule has 0 saturated carbocycles. The highest BCUT2D eigenvalue weighted by Gasteiger charge is 2.23. The molecule has 0 spiro atoms. The lowest BCUT2D eigenvalue weighted by molar-refractivity contribution is -0.118. The number of hydrogen-bond donors (Lipinski definition) is 0. The number of benzene rings is 2. The van der Waals surface area contributed by atoms with Gasteiger partial charge < -0.3 is 4.90 Å². The van der Waals surface area contributed by atoms with E-state index in [9.17, 15) is 14.0 Å². The number of carbonyl (C=O) groups is 2. The minimum atomic E-state index is -0.333. The van der Waals surface area contributed by atoms with Crippen LogP contribution in [0.3, 0.4) is 0 Å². The van der Waals surface area contributed by atoms with E-state index >= 15 is 0 Å². The van der Waals surface area contributed by atoms with Gasteiger partial charge in [-0.3, -0.25) is 9.59 Å². The summed E-state index contributed by atoms with van der Waals surface area (Å²) in [6.45, 7) is 2.19. The van der Waals surface area contributed by atoms with Crippen molar-refractivity contribution in [2.45, 2.75) is 26.2 Å². The number of Topliss-reactive ketones (excluding diaryl/α,β-unsaturated/α-hetero) is 1. The monoisotopic (exact) mass is 311 g/mol. The van der Waals surface area contributed by atoms with Gasteiger partial charge in [0.2, 0.25) is 5.91 Å². The van der Waals surface area contributed by atoms with E-state index in [2.05, 4.69) is 0 Å². The van der Waals surface area contributed by atoms with Gasteiger partial charge in [0.25, 0.3) is 0 Å². The van der Waals surface area contributed by atoms with Gasteiger partial charge in [0, 0.05) is 17.8 Å². The van der Waals surface area contributed by atoms with Crippen molar-refractivity contribution in [1.82, 2.24) is 0 Å². The topological polar surface area (TPSA) is 37.4 Å². The van der Waals surface area contributed by atoms with E-state index in [0.717, 1.165) is 24.1 Å². The van der Waals surface area contributed by atoms with Crippen LogP contribution >= 0.6 is 0 Å². The molecular formula is C19H18FNO2. The first kappa shape index (κ1) is 15.4. The fraction of sp³-hybridized carbons (Fsp3) is 0.263. The second-order valence-electron chi connectivity index (χ2n) is 5.86. The summed E-state index contributed by atoms with van der Waals surface area (Å²) in [4.78, 5) is 25.8. The Morgan fingerprint density at radius 1 is 1.17 bits per heavy atom. The highest BCUT2D eigenvalue weighted by atomic mass is 19.1. The Kier molecular flexibility index (Phi) is 4.24. The Morgan fingerprint density at radius 3 is 2.74 bits per heavy atom. The largest absolute Gasteiger partial charge is 0.312 e. The number of nitrogens with zero attached hydrogens (tertiary/aromatic N) is 1. The Labute approximate surface area is 134 Å². The van der Waals surface area contributed by atoms with E-state index in [1.54, 1.807) is 23.1 Å². The van der Waals surface area contributed by atoms with E-state index in [4.69, 9.17) is 0 Å². The van der Waals surface area contributed by atoms with Gasteiger partial charge in [0.05, 0.1) is 6.42 Å². The first-order valence-corrected chi connectivity index (χ1v) is 7.73. The minimum Gasteiger partial charge on any atom is -0.312 e. The summed E-state index contributed by atoms with van der Waals surface area (Å²) in [5, 5.41) is 0. The van der Waals surface area contributed by atoms with Gasteiger partial charge in [-0.25, -0.2) is 4.39 Å². The second kappa shape index (κ2) is 6.32. The van der Waals surface area contributed by atoms with E-state index in [1.165, 1.54) is 19.1 Å². The molecule has 0 fully saturated rings. The maximum absolute atomic E-state index is 13.3. The van der Waals surface area contributed by atoms with Gasteiger partial charge in [-0.15, -0.1) is 0 Å². The van der Waals surface area contributed by atoms with E-state index in [1.807, 2.05) is 12.1 Å². The van der Waals surface area contributed by atoms with Crippen LogP contribution in [-0.4, -0.2) is 18.2 Å². The fourth-order valence-corrected chi connectivity index (χ4v) is 2.99. The number of halogens is 1. The van der Waals surface area contributed by atoms with Crippen LogP contribution in [0, 0.1) is 5.82 Å². The summed E-state index contributed by atoms with van der Waals surface area (Å²) in [5.41, 5.74) is 3.23. The maximum atomic E-state index is 13.3. The Morgan fingerprint density at radius 2 is 2.00 bits per heavy atom. The highest BCUT2D eigenvalue weighted by Crippen LogP contribution is 2.29. The van der Waals surface area contributed by atoms with Gasteiger partial charge in [-0.2, -0.15) is 0 Å². The molecule has 23 heavy (non-hydrogen) atoms. The standard InChI is InChI=1S/C19H18FNO2/c1-13(22)15-7-8-18-16(12-15)5-3-9-21(18)19(23)11-14-4-2-6-17(20)10-14/h2,4,6-8,10,12H,3,5,9,11H2,1H3. The molecular weight excluding hydrogens is 293 g/mol. The lowest BCUT2D eigenvalue weighted by Gasteiger charge is -2.30. The Bertz CT molecular complexity index is 770. The summed E-state index contributed by atoms with van der Waals surface area (Å²) in [6.07, 6.45) is 1.90. The van der Waals surface area contributed by atoms with Crippen molar-refractivity contribution in [3.63, 3.8) is 0 Å². The van der Waals surface area contributed by atoms with E-state index in [-0.39, 0.29) is 23.9 Å². The molecule has 118 valence electrons. The van der Waals surface area contributed by atoms with Crippen molar-refractivity contribution in [2.75, 3.05) is 11.4 Å².